The van der Waals surface area contributed by atoms with Crippen LogP contribution in [0.5, 0.6) is 0 Å². The van der Waals surface area contributed by atoms with Gasteiger partial charge in [-0.3, -0.25) is 9.69 Å². The second-order valence-electron chi connectivity index (χ2n) is 23.4. The van der Waals surface area contributed by atoms with E-state index in [9.17, 15) is 9.59 Å². The molecule has 0 amide bonds. The van der Waals surface area contributed by atoms with Gasteiger partial charge in [0.05, 0.1) is 18.3 Å². The van der Waals surface area contributed by atoms with Crippen molar-refractivity contribution < 1.29 is 33.3 Å². The number of ether oxygens (including phenoxy) is 5. The molecule has 0 atom stereocenters. The first kappa shape index (κ1) is 48.8. The van der Waals surface area contributed by atoms with Crippen LogP contribution in [-0.4, -0.2) is 78.9 Å². The molecule has 0 saturated heterocycles. The van der Waals surface area contributed by atoms with E-state index in [1.165, 1.54) is 135 Å². The van der Waals surface area contributed by atoms with E-state index in [0.717, 1.165) is 125 Å². The zero-order valence-corrected chi connectivity index (χ0v) is 41.2. The van der Waals surface area contributed by atoms with Crippen LogP contribution in [0.15, 0.2) is 11.6 Å². The molecule has 0 N–H and O–H groups in total. The quantitative estimate of drug-likeness (QED) is 0.134. The molecule has 8 nitrogen and oxygen atoms in total. The summed E-state index contributed by atoms with van der Waals surface area (Å²) in [5.74, 6) is 5.59. The molecule has 8 rings (SSSR count). The van der Waals surface area contributed by atoms with Gasteiger partial charge in [0.1, 0.15) is 18.3 Å². The first-order valence-corrected chi connectivity index (χ1v) is 27.9. The van der Waals surface area contributed by atoms with Crippen molar-refractivity contribution in [1.29, 1.82) is 0 Å². The number of esters is 1. The molecule has 0 aromatic rings. The van der Waals surface area contributed by atoms with Gasteiger partial charge in [-0.1, -0.05) is 25.5 Å². The number of carbonyl (C=O) groups excluding carboxylic acids is 2. The zero-order valence-electron chi connectivity index (χ0n) is 41.2. The highest BCUT2D eigenvalue weighted by Crippen LogP contribution is 2.47. The average Bonchev–Trinajstić information content (AvgIpc) is 3.31. The van der Waals surface area contributed by atoms with E-state index in [1.807, 2.05) is 7.11 Å². The minimum Gasteiger partial charge on any atom is -0.463 e. The van der Waals surface area contributed by atoms with Gasteiger partial charge < -0.3 is 23.7 Å². The van der Waals surface area contributed by atoms with E-state index in [-0.39, 0.29) is 36.5 Å². The summed E-state index contributed by atoms with van der Waals surface area (Å²) in [6.45, 7) is 6.47. The molecule has 0 aliphatic heterocycles. The fourth-order valence-corrected chi connectivity index (χ4v) is 15.0. The van der Waals surface area contributed by atoms with E-state index in [1.54, 1.807) is 5.57 Å². The van der Waals surface area contributed by atoms with Crippen LogP contribution in [0.4, 0.5) is 4.79 Å². The monoisotopic (exact) mass is 892 g/mol. The highest BCUT2D eigenvalue weighted by Gasteiger charge is 2.40. The molecule has 0 radical (unpaired) electrons. The molecule has 8 aliphatic carbocycles. The minimum absolute atomic E-state index is 0.0358. The molecule has 0 aromatic heterocycles. The molecule has 0 heterocycles. The molecule has 8 fully saturated rings. The van der Waals surface area contributed by atoms with Crippen LogP contribution >= 0.6 is 0 Å². The Morgan fingerprint density at radius 1 is 0.422 bits per heavy atom. The van der Waals surface area contributed by atoms with Crippen LogP contribution in [0.3, 0.4) is 0 Å². The van der Waals surface area contributed by atoms with Gasteiger partial charge in [-0.25, -0.2) is 4.79 Å². The number of methoxy groups -OCH3 is 1. The maximum Gasteiger partial charge on any atom is 0.508 e. The van der Waals surface area contributed by atoms with E-state index >= 15 is 0 Å². The van der Waals surface area contributed by atoms with Gasteiger partial charge in [-0.15, -0.1) is 0 Å². The number of allylic oxidation sites excluding steroid dienone is 2. The van der Waals surface area contributed by atoms with Gasteiger partial charge >= 0.3 is 12.1 Å². The van der Waals surface area contributed by atoms with Crippen molar-refractivity contribution in [3.63, 3.8) is 0 Å². The smallest absolute Gasteiger partial charge is 0.463 e. The molecule has 64 heavy (non-hydrogen) atoms. The van der Waals surface area contributed by atoms with Crippen molar-refractivity contribution in [2.45, 2.75) is 281 Å². The standard InChI is InChI=1S/C56H93NO7/c1-38-5-19-46(20-6-38)57(47-21-7-39(2)8-22-47)48-23-13-43(14-24-48)42-11-9-41(10-12-42)37-55(44-15-25-49(60-4)26-16-44)45-17-27-53(28-18-45)63-56(59)64-54-35-33-52(34-36-54)62-51-31-29-50(30-32-51)61-40(3)58/h37-39,41-54H,5-36H2,1-4H3. The minimum atomic E-state index is -0.467. The summed E-state index contributed by atoms with van der Waals surface area (Å²) in [6, 6.07) is 2.56. The Morgan fingerprint density at radius 2 is 0.781 bits per heavy atom. The fourth-order valence-electron chi connectivity index (χ4n) is 15.0. The summed E-state index contributed by atoms with van der Waals surface area (Å²) >= 11 is 0. The van der Waals surface area contributed by atoms with Gasteiger partial charge in [0, 0.05) is 32.2 Å². The van der Waals surface area contributed by atoms with Gasteiger partial charge in [-0.05, 0) is 247 Å². The SMILES string of the molecule is COC1CCC(C(=CC2CCC(C3CCC(N(C4CCC(C)CC4)C4CCC(C)CC4)CC3)CC2)C2CCC(OC(=O)OC3CCC(OC4CCC(OC(C)=O)CC4)CC3)CC2)CC1. The maximum absolute atomic E-state index is 13.1. The summed E-state index contributed by atoms with van der Waals surface area (Å²) in [4.78, 5) is 27.6. The van der Waals surface area contributed by atoms with Gasteiger partial charge in [-0.2, -0.15) is 0 Å². The van der Waals surface area contributed by atoms with Crippen LogP contribution in [-0.2, 0) is 28.5 Å². The van der Waals surface area contributed by atoms with Crippen molar-refractivity contribution in [3.05, 3.63) is 11.6 Å². The summed E-state index contributed by atoms with van der Waals surface area (Å²) < 4.78 is 29.6. The average molecular weight is 892 g/mol. The van der Waals surface area contributed by atoms with Crippen LogP contribution in [0, 0.1) is 41.4 Å². The van der Waals surface area contributed by atoms with Crippen molar-refractivity contribution in [2.75, 3.05) is 7.11 Å². The van der Waals surface area contributed by atoms with Crippen molar-refractivity contribution >= 4 is 12.1 Å². The van der Waals surface area contributed by atoms with Crippen molar-refractivity contribution in [3.8, 4) is 0 Å². The van der Waals surface area contributed by atoms with Gasteiger partial charge in [0.25, 0.3) is 0 Å². The molecule has 0 bridgehead atoms. The van der Waals surface area contributed by atoms with E-state index in [2.05, 4.69) is 24.8 Å². The lowest BCUT2D eigenvalue weighted by Crippen LogP contribution is -2.52. The highest BCUT2D eigenvalue weighted by atomic mass is 16.7. The Labute approximate surface area is 390 Å². The summed E-state index contributed by atoms with van der Waals surface area (Å²) in [5, 5.41) is 0. The van der Waals surface area contributed by atoms with Crippen molar-refractivity contribution in [1.82, 2.24) is 4.90 Å². The molecule has 8 saturated carbocycles. The van der Waals surface area contributed by atoms with E-state index in [4.69, 9.17) is 23.7 Å². The number of nitrogens with zero attached hydrogens (tertiary/aromatic N) is 1. The zero-order chi connectivity index (χ0) is 44.4. The Hall–Kier alpha value is -1.64. The molecule has 364 valence electrons. The normalized spacial score (nSPS) is 41.8. The molecule has 0 unspecified atom stereocenters. The topological polar surface area (TPSA) is 83.5 Å². The number of hydrogen-bond donors (Lipinski definition) is 0. The Bertz CT molecular complexity index is 1400. The summed E-state index contributed by atoms with van der Waals surface area (Å²) in [6.07, 6.45) is 42.4. The summed E-state index contributed by atoms with van der Waals surface area (Å²) in [5.41, 5.74) is 1.77. The second-order valence-corrected chi connectivity index (χ2v) is 23.4. The highest BCUT2D eigenvalue weighted by molar-refractivity contribution is 5.66. The van der Waals surface area contributed by atoms with Crippen LogP contribution in [0.2, 0.25) is 0 Å². The Kier molecular flexibility index (Phi) is 18.4. The van der Waals surface area contributed by atoms with E-state index in [0.29, 0.717) is 17.9 Å². The van der Waals surface area contributed by atoms with Crippen LogP contribution in [0.25, 0.3) is 0 Å². The Morgan fingerprint density at radius 3 is 1.20 bits per heavy atom. The predicted molar refractivity (Wildman–Crippen MR) is 255 cm³/mol. The number of hydrogen-bond acceptors (Lipinski definition) is 8. The van der Waals surface area contributed by atoms with Gasteiger partial charge in [0.2, 0.25) is 0 Å². The molecule has 0 spiro atoms. The predicted octanol–water partition coefficient (Wildman–Crippen LogP) is 13.9. The molecule has 0 aromatic carbocycles. The lowest BCUT2D eigenvalue weighted by atomic mass is 9.68. The largest absolute Gasteiger partial charge is 0.508 e. The third-order valence-corrected chi connectivity index (χ3v) is 19.0. The van der Waals surface area contributed by atoms with Crippen LogP contribution < -0.4 is 0 Å². The van der Waals surface area contributed by atoms with Gasteiger partial charge in [0.15, 0.2) is 0 Å². The molecular formula is C56H93NO7. The lowest BCUT2D eigenvalue weighted by molar-refractivity contribution is -0.150. The number of rotatable bonds is 13. The lowest BCUT2D eigenvalue weighted by Gasteiger charge is -2.50. The molecule has 8 aliphatic rings. The van der Waals surface area contributed by atoms with Crippen molar-refractivity contribution in [2.24, 2.45) is 41.4 Å². The third kappa shape index (κ3) is 13.8. The first-order chi connectivity index (χ1) is 31.1. The molecule has 8 heteroatoms. The second kappa shape index (κ2) is 24.1. The van der Waals surface area contributed by atoms with Crippen LogP contribution in [0.1, 0.15) is 226 Å². The molecular weight excluding hydrogens is 799 g/mol. The number of carbonyl (C=O) groups is 2. The third-order valence-electron chi connectivity index (χ3n) is 19.0. The first-order valence-electron chi connectivity index (χ1n) is 27.9. The summed E-state index contributed by atoms with van der Waals surface area (Å²) in [7, 11) is 1.89. The maximum atomic E-state index is 13.1. The fraction of sp³-hybridized carbons (Fsp3) is 0.929. The van der Waals surface area contributed by atoms with E-state index < -0.39 is 6.16 Å². The Balaban J connectivity index is 0.774.